The summed E-state index contributed by atoms with van der Waals surface area (Å²) in [5.74, 6) is -0.483. The zero-order valence-electron chi connectivity index (χ0n) is 16.4. The highest BCUT2D eigenvalue weighted by Crippen LogP contribution is 2.45. The molecule has 1 aromatic carbocycles. The lowest BCUT2D eigenvalue weighted by Crippen LogP contribution is -2.41. The Bertz CT molecular complexity index is 630. The summed E-state index contributed by atoms with van der Waals surface area (Å²) >= 11 is 0. The van der Waals surface area contributed by atoms with Gasteiger partial charge in [0, 0.05) is 5.82 Å². The van der Waals surface area contributed by atoms with E-state index in [-0.39, 0.29) is 23.7 Å². The van der Waals surface area contributed by atoms with Crippen molar-refractivity contribution in [2.45, 2.75) is 51.1 Å². The Morgan fingerprint density at radius 1 is 1.08 bits per heavy atom. The molecule has 26 heavy (non-hydrogen) atoms. The third-order valence-electron chi connectivity index (χ3n) is 5.14. The summed E-state index contributed by atoms with van der Waals surface area (Å²) in [6, 6.07) is 3.30. The monoisotopic (exact) mass is 366 g/mol. The highest BCUT2D eigenvalue weighted by Gasteiger charge is 2.54. The molecule has 2 rings (SSSR count). The van der Waals surface area contributed by atoms with Crippen LogP contribution in [-0.2, 0) is 18.8 Å². The highest BCUT2D eigenvalue weighted by molar-refractivity contribution is 6.48. The molecule has 8 heteroatoms. The third kappa shape index (κ3) is 3.76. The van der Waals surface area contributed by atoms with Crippen LogP contribution >= 0.6 is 0 Å². The molecule has 7 nitrogen and oxygen atoms in total. The Hall–Kier alpha value is -1.93. The number of benzene rings is 1. The fraction of sp³-hybridized carbons (Fsp3) is 0.611. The number of methoxy groups -OCH3 is 3. The summed E-state index contributed by atoms with van der Waals surface area (Å²) in [6.07, 6.45) is 0.0460. The van der Waals surface area contributed by atoms with E-state index in [2.05, 4.69) is 0 Å². The zero-order chi connectivity index (χ0) is 19.7. The first-order valence-electron chi connectivity index (χ1n) is 8.43. The van der Waals surface area contributed by atoms with Gasteiger partial charge in [0.2, 0.25) is 5.75 Å². The standard InChI is InChI=1S/C18H27BO7/c1-17(2)18(3,4)26-19(25-17)12(10-15(20)24-7)11-8-13(22-5)16(21)14(9-11)23-6/h8-9,12,21H,10H2,1-7H3. The predicted octanol–water partition coefficient (Wildman–Crippen LogP) is 2.69. The van der Waals surface area contributed by atoms with Crippen molar-refractivity contribution in [1.29, 1.82) is 0 Å². The van der Waals surface area contributed by atoms with Crippen LogP contribution in [0.1, 0.15) is 45.5 Å². The molecule has 0 bridgehead atoms. The molecule has 1 aliphatic heterocycles. The van der Waals surface area contributed by atoms with Crippen molar-refractivity contribution in [3.8, 4) is 17.2 Å². The molecule has 1 aliphatic rings. The van der Waals surface area contributed by atoms with Crippen LogP contribution in [0.3, 0.4) is 0 Å². The van der Waals surface area contributed by atoms with E-state index in [1.807, 2.05) is 27.7 Å². The van der Waals surface area contributed by atoms with Crippen molar-refractivity contribution in [1.82, 2.24) is 0 Å². The number of aromatic hydroxyl groups is 1. The van der Waals surface area contributed by atoms with Crippen molar-refractivity contribution >= 4 is 13.1 Å². The van der Waals surface area contributed by atoms with Crippen molar-refractivity contribution in [2.75, 3.05) is 21.3 Å². The van der Waals surface area contributed by atoms with Crippen LogP contribution in [-0.4, -0.2) is 50.7 Å². The maximum Gasteiger partial charge on any atom is 0.466 e. The lowest BCUT2D eigenvalue weighted by atomic mass is 9.66. The number of phenols is 1. The molecule has 1 saturated heterocycles. The summed E-state index contributed by atoms with van der Waals surface area (Å²) in [6.45, 7) is 7.78. The molecule has 1 atom stereocenters. The molecule has 1 fully saturated rings. The molecule has 0 radical (unpaired) electrons. The van der Waals surface area contributed by atoms with E-state index >= 15 is 0 Å². The summed E-state index contributed by atoms with van der Waals surface area (Å²) in [7, 11) is 3.56. The smallest absolute Gasteiger partial charge is 0.466 e. The van der Waals surface area contributed by atoms with Gasteiger partial charge in [0.15, 0.2) is 11.5 Å². The topological polar surface area (TPSA) is 83.5 Å². The predicted molar refractivity (Wildman–Crippen MR) is 96.7 cm³/mol. The van der Waals surface area contributed by atoms with Gasteiger partial charge >= 0.3 is 13.1 Å². The molecule has 0 amide bonds. The fourth-order valence-corrected chi connectivity index (χ4v) is 2.81. The Morgan fingerprint density at radius 2 is 1.54 bits per heavy atom. The lowest BCUT2D eigenvalue weighted by molar-refractivity contribution is -0.140. The minimum atomic E-state index is -0.668. The molecular formula is C18H27BO7. The van der Waals surface area contributed by atoms with Crippen LogP contribution in [0.25, 0.3) is 0 Å². The first-order valence-corrected chi connectivity index (χ1v) is 8.43. The average molecular weight is 366 g/mol. The van der Waals surface area contributed by atoms with E-state index in [9.17, 15) is 9.90 Å². The second-order valence-electron chi connectivity index (χ2n) is 7.29. The Balaban J connectivity index is 2.48. The van der Waals surface area contributed by atoms with E-state index in [1.54, 1.807) is 12.1 Å². The second kappa shape index (κ2) is 7.36. The summed E-state index contributed by atoms with van der Waals surface area (Å²) in [4.78, 5) is 12.0. The van der Waals surface area contributed by atoms with Crippen molar-refractivity contribution in [2.24, 2.45) is 0 Å². The summed E-state index contributed by atoms with van der Waals surface area (Å²) in [5, 5.41) is 10.2. The minimum Gasteiger partial charge on any atom is -0.502 e. The van der Waals surface area contributed by atoms with E-state index in [4.69, 9.17) is 23.5 Å². The number of rotatable bonds is 6. The number of carbonyl (C=O) groups is 1. The van der Waals surface area contributed by atoms with Gasteiger partial charge in [0.05, 0.1) is 39.0 Å². The number of phenolic OH excluding ortho intramolecular Hbond substituents is 1. The molecule has 1 N–H and O–H groups in total. The second-order valence-corrected chi connectivity index (χ2v) is 7.29. The van der Waals surface area contributed by atoms with Gasteiger partial charge in [-0.05, 0) is 45.4 Å². The molecule has 0 saturated carbocycles. The van der Waals surface area contributed by atoms with Crippen molar-refractivity contribution in [3.05, 3.63) is 17.7 Å². The van der Waals surface area contributed by atoms with Crippen molar-refractivity contribution in [3.63, 3.8) is 0 Å². The SMILES string of the molecule is COC(=O)CC(B1OC(C)(C)C(C)(C)O1)c1cc(OC)c(O)c(OC)c1. The van der Waals surface area contributed by atoms with E-state index in [0.717, 1.165) is 0 Å². The number of carbonyl (C=O) groups excluding carboxylic acids is 1. The van der Waals surface area contributed by atoms with Gasteiger partial charge in [-0.1, -0.05) is 0 Å². The normalized spacial score (nSPS) is 19.1. The molecule has 1 unspecified atom stereocenters. The number of esters is 1. The van der Waals surface area contributed by atoms with Crippen LogP contribution in [0, 0.1) is 0 Å². The highest BCUT2D eigenvalue weighted by atomic mass is 16.7. The Kier molecular flexibility index (Phi) is 5.77. The van der Waals surface area contributed by atoms with Crippen molar-refractivity contribution < 1.29 is 33.4 Å². The molecule has 0 aromatic heterocycles. The van der Waals surface area contributed by atoms with Crippen LogP contribution < -0.4 is 9.47 Å². The first-order chi connectivity index (χ1) is 12.1. The third-order valence-corrected chi connectivity index (χ3v) is 5.14. The summed E-state index contributed by atoms with van der Waals surface area (Å²) in [5.41, 5.74) is -0.408. The van der Waals surface area contributed by atoms with Gasteiger partial charge in [-0.2, -0.15) is 0 Å². The summed E-state index contributed by atoms with van der Waals surface area (Å²) < 4.78 is 27.6. The van der Waals surface area contributed by atoms with Gasteiger partial charge in [0.1, 0.15) is 0 Å². The van der Waals surface area contributed by atoms with Gasteiger partial charge in [-0.3, -0.25) is 4.79 Å². The lowest BCUT2D eigenvalue weighted by Gasteiger charge is -2.32. The van der Waals surface area contributed by atoms with E-state index in [0.29, 0.717) is 5.56 Å². The van der Waals surface area contributed by atoms with Crippen LogP contribution in [0.2, 0.25) is 0 Å². The molecule has 144 valence electrons. The van der Waals surface area contributed by atoms with Crippen LogP contribution in [0.4, 0.5) is 0 Å². The van der Waals surface area contributed by atoms with Gasteiger partial charge in [0.25, 0.3) is 0 Å². The number of hydrogen-bond acceptors (Lipinski definition) is 7. The Morgan fingerprint density at radius 3 is 1.92 bits per heavy atom. The van der Waals surface area contributed by atoms with E-state index in [1.165, 1.54) is 21.3 Å². The first kappa shape index (κ1) is 20.4. The molecule has 0 spiro atoms. The number of ether oxygens (including phenoxy) is 3. The Labute approximate surface area is 154 Å². The minimum absolute atomic E-state index is 0.0460. The maximum absolute atomic E-state index is 12.0. The molecule has 1 heterocycles. The van der Waals surface area contributed by atoms with Crippen LogP contribution in [0.5, 0.6) is 17.2 Å². The number of hydrogen-bond donors (Lipinski definition) is 1. The zero-order valence-corrected chi connectivity index (χ0v) is 16.4. The molecule has 0 aliphatic carbocycles. The van der Waals surface area contributed by atoms with Gasteiger partial charge in [-0.25, -0.2) is 0 Å². The maximum atomic E-state index is 12.0. The largest absolute Gasteiger partial charge is 0.502 e. The average Bonchev–Trinajstić information content (AvgIpc) is 2.80. The quantitative estimate of drug-likeness (QED) is 0.612. The molecule has 1 aromatic rings. The van der Waals surface area contributed by atoms with Gasteiger partial charge in [-0.15, -0.1) is 0 Å². The van der Waals surface area contributed by atoms with E-state index < -0.39 is 30.1 Å². The molecular weight excluding hydrogens is 339 g/mol. The van der Waals surface area contributed by atoms with Gasteiger partial charge < -0.3 is 28.6 Å². The van der Waals surface area contributed by atoms with Crippen LogP contribution in [0.15, 0.2) is 12.1 Å². The fourth-order valence-electron chi connectivity index (χ4n) is 2.81.